The Morgan fingerprint density at radius 2 is 1.78 bits per heavy atom. The fraction of sp³-hybridized carbons (Fsp3) is 0.222. The molecule has 9 heteroatoms. The van der Waals surface area contributed by atoms with Gasteiger partial charge in [-0.2, -0.15) is 0 Å². The largest absolute Gasteiger partial charge is 0.325 e. The highest BCUT2D eigenvalue weighted by Crippen LogP contribution is 2.31. The summed E-state index contributed by atoms with van der Waals surface area (Å²) in [6, 6.07) is 8.85. The second-order valence-electron chi connectivity index (χ2n) is 6.48. The molecule has 1 unspecified atom stereocenters. The van der Waals surface area contributed by atoms with Crippen LogP contribution in [0.4, 0.5) is 9.18 Å². The lowest BCUT2D eigenvalue weighted by molar-refractivity contribution is -0.131. The molecule has 1 atom stereocenters. The van der Waals surface area contributed by atoms with Crippen molar-refractivity contribution >= 4 is 33.4 Å². The fourth-order valence-corrected chi connectivity index (χ4v) is 3.75. The molecular weight excluding hydrogens is 395 g/mol. The number of nitrogens with one attached hydrogen (secondary N) is 1. The van der Waals surface area contributed by atoms with Gasteiger partial charge >= 0.3 is 6.03 Å². The highest BCUT2D eigenvalue weighted by Gasteiger charge is 2.49. The Hall–Kier alpha value is -2.45. The van der Waals surface area contributed by atoms with E-state index < -0.39 is 33.1 Å². The zero-order chi connectivity index (χ0) is 20.0. The smallest absolute Gasteiger partial charge is 0.319 e. The molecular formula is C18H16ClFN2O4S. The number of hydrogen-bond acceptors (Lipinski definition) is 4. The predicted molar refractivity (Wildman–Crippen MR) is 97.4 cm³/mol. The van der Waals surface area contributed by atoms with Crippen LogP contribution in [0.2, 0.25) is 5.02 Å². The van der Waals surface area contributed by atoms with E-state index in [1.807, 2.05) is 0 Å². The van der Waals surface area contributed by atoms with Gasteiger partial charge in [-0.3, -0.25) is 9.69 Å². The van der Waals surface area contributed by atoms with E-state index in [1.165, 1.54) is 43.3 Å². The van der Waals surface area contributed by atoms with E-state index in [1.54, 1.807) is 0 Å². The predicted octanol–water partition coefficient (Wildman–Crippen LogP) is 2.85. The first kappa shape index (κ1) is 19.3. The number of nitrogens with zero attached hydrogens (tertiary/aromatic N) is 1. The molecule has 1 saturated heterocycles. The van der Waals surface area contributed by atoms with E-state index in [4.69, 9.17) is 11.6 Å². The van der Waals surface area contributed by atoms with Crippen molar-refractivity contribution in [3.63, 3.8) is 0 Å². The van der Waals surface area contributed by atoms with Crippen LogP contribution < -0.4 is 5.32 Å². The number of sulfone groups is 1. The van der Waals surface area contributed by atoms with Gasteiger partial charge in [0.05, 0.1) is 11.4 Å². The molecule has 0 saturated carbocycles. The monoisotopic (exact) mass is 410 g/mol. The van der Waals surface area contributed by atoms with Crippen LogP contribution in [0.25, 0.3) is 0 Å². The molecule has 1 fully saturated rings. The fourth-order valence-electron chi connectivity index (χ4n) is 2.89. The molecule has 6 nitrogen and oxygen atoms in total. The lowest BCUT2D eigenvalue weighted by Gasteiger charge is -2.22. The van der Waals surface area contributed by atoms with Crippen molar-refractivity contribution < 1.29 is 22.4 Å². The van der Waals surface area contributed by atoms with Gasteiger partial charge in [0.25, 0.3) is 5.91 Å². The molecule has 3 rings (SSSR count). The quantitative estimate of drug-likeness (QED) is 0.785. The zero-order valence-electron chi connectivity index (χ0n) is 14.5. The van der Waals surface area contributed by atoms with Gasteiger partial charge in [0.2, 0.25) is 0 Å². The Bertz CT molecular complexity index is 1040. The summed E-state index contributed by atoms with van der Waals surface area (Å²) in [5.41, 5.74) is -0.473. The highest BCUT2D eigenvalue weighted by molar-refractivity contribution is 7.90. The first-order valence-electron chi connectivity index (χ1n) is 7.91. The van der Waals surface area contributed by atoms with Crippen molar-refractivity contribution in [2.24, 2.45) is 0 Å². The molecule has 1 heterocycles. The normalized spacial score (nSPS) is 20.1. The third-order valence-electron chi connectivity index (χ3n) is 4.48. The van der Waals surface area contributed by atoms with Gasteiger partial charge in [-0.15, -0.1) is 0 Å². The summed E-state index contributed by atoms with van der Waals surface area (Å²) >= 11 is 5.99. The minimum absolute atomic E-state index is 0.110. The second-order valence-corrected chi connectivity index (χ2v) is 8.90. The lowest BCUT2D eigenvalue weighted by atomic mass is 9.92. The minimum Gasteiger partial charge on any atom is -0.319 e. The maximum atomic E-state index is 13.2. The average molecular weight is 411 g/mol. The Labute approximate surface area is 160 Å². The number of carbonyl (C=O) groups excluding carboxylic acids is 2. The van der Waals surface area contributed by atoms with Crippen LogP contribution in [0.5, 0.6) is 0 Å². The molecule has 27 heavy (non-hydrogen) atoms. The number of hydrogen-bond donors (Lipinski definition) is 1. The SMILES string of the molecule is CC1(c2ccc(S(C)(=O)=O)cc2)NC(=O)N(Cc2ccc(F)cc2Cl)C1=O. The third-order valence-corrected chi connectivity index (χ3v) is 5.96. The number of urea groups is 1. The van der Waals surface area contributed by atoms with E-state index in [-0.39, 0.29) is 16.5 Å². The number of rotatable bonds is 4. The van der Waals surface area contributed by atoms with Crippen LogP contribution in [-0.4, -0.2) is 31.5 Å². The number of benzene rings is 2. The third kappa shape index (κ3) is 3.54. The summed E-state index contributed by atoms with van der Waals surface area (Å²) in [6.07, 6.45) is 1.08. The average Bonchev–Trinajstić information content (AvgIpc) is 2.80. The number of halogens is 2. The van der Waals surface area contributed by atoms with Crippen molar-refractivity contribution in [2.45, 2.75) is 23.9 Å². The summed E-state index contributed by atoms with van der Waals surface area (Å²) in [5.74, 6) is -1.03. The van der Waals surface area contributed by atoms with Crippen LogP contribution in [0.1, 0.15) is 18.1 Å². The summed E-state index contributed by atoms with van der Waals surface area (Å²) in [6.45, 7) is 1.43. The van der Waals surface area contributed by atoms with Crippen molar-refractivity contribution in [1.82, 2.24) is 10.2 Å². The molecule has 0 spiro atoms. The molecule has 2 aromatic rings. The van der Waals surface area contributed by atoms with Crippen LogP contribution in [-0.2, 0) is 26.7 Å². The zero-order valence-corrected chi connectivity index (χ0v) is 16.1. The standard InChI is InChI=1S/C18H16ClFN2O4S/c1-18(12-4-7-14(8-5-12)27(2,25)26)16(23)22(17(24)21-18)10-11-3-6-13(20)9-15(11)19/h3-9H,10H2,1-2H3,(H,21,24). The summed E-state index contributed by atoms with van der Waals surface area (Å²) in [7, 11) is -3.37. The first-order chi connectivity index (χ1) is 12.5. The van der Waals surface area contributed by atoms with Gasteiger partial charge in [0, 0.05) is 11.3 Å². The van der Waals surface area contributed by atoms with Gasteiger partial charge in [-0.25, -0.2) is 17.6 Å². The van der Waals surface area contributed by atoms with E-state index in [2.05, 4.69) is 5.32 Å². The van der Waals surface area contributed by atoms with Crippen molar-refractivity contribution in [3.8, 4) is 0 Å². The number of imide groups is 1. The Morgan fingerprint density at radius 3 is 2.33 bits per heavy atom. The minimum atomic E-state index is -3.37. The maximum Gasteiger partial charge on any atom is 0.325 e. The molecule has 1 aliphatic rings. The van der Waals surface area contributed by atoms with E-state index in [0.717, 1.165) is 17.2 Å². The van der Waals surface area contributed by atoms with Crippen LogP contribution in [0.3, 0.4) is 0 Å². The van der Waals surface area contributed by atoms with Crippen molar-refractivity contribution in [1.29, 1.82) is 0 Å². The van der Waals surface area contributed by atoms with Crippen LogP contribution in [0, 0.1) is 5.82 Å². The molecule has 0 bridgehead atoms. The number of carbonyl (C=O) groups is 2. The Balaban J connectivity index is 1.90. The topological polar surface area (TPSA) is 83.6 Å². The van der Waals surface area contributed by atoms with Crippen molar-refractivity contribution in [3.05, 3.63) is 64.4 Å². The summed E-state index contributed by atoms with van der Waals surface area (Å²) in [4.78, 5) is 26.4. The molecule has 3 amide bonds. The van der Waals surface area contributed by atoms with Crippen LogP contribution in [0.15, 0.2) is 47.4 Å². The molecule has 1 aliphatic heterocycles. The van der Waals surface area contributed by atoms with Gasteiger partial charge in [0.15, 0.2) is 9.84 Å². The van der Waals surface area contributed by atoms with Gasteiger partial charge in [-0.1, -0.05) is 29.8 Å². The van der Waals surface area contributed by atoms with E-state index in [0.29, 0.717) is 11.1 Å². The molecule has 2 aromatic carbocycles. The molecule has 142 valence electrons. The van der Waals surface area contributed by atoms with E-state index >= 15 is 0 Å². The molecule has 0 radical (unpaired) electrons. The Morgan fingerprint density at radius 1 is 1.15 bits per heavy atom. The summed E-state index contributed by atoms with van der Waals surface area (Å²) in [5, 5.41) is 2.74. The highest BCUT2D eigenvalue weighted by atomic mass is 35.5. The molecule has 0 aliphatic carbocycles. The van der Waals surface area contributed by atoms with Crippen molar-refractivity contribution in [2.75, 3.05) is 6.26 Å². The first-order valence-corrected chi connectivity index (χ1v) is 10.2. The van der Waals surface area contributed by atoms with Gasteiger partial charge in [0.1, 0.15) is 11.4 Å². The van der Waals surface area contributed by atoms with Gasteiger partial charge < -0.3 is 5.32 Å². The Kier molecular flexibility index (Phi) is 4.73. The maximum absolute atomic E-state index is 13.2. The van der Waals surface area contributed by atoms with Crippen LogP contribution >= 0.6 is 11.6 Å². The van der Waals surface area contributed by atoms with E-state index in [9.17, 15) is 22.4 Å². The lowest BCUT2D eigenvalue weighted by Crippen LogP contribution is -2.40. The summed E-state index contributed by atoms with van der Waals surface area (Å²) < 4.78 is 36.4. The molecule has 0 aromatic heterocycles. The second kappa shape index (κ2) is 6.61. The molecule has 1 N–H and O–H groups in total. The number of amides is 3. The van der Waals surface area contributed by atoms with Gasteiger partial charge in [-0.05, 0) is 42.3 Å².